The summed E-state index contributed by atoms with van der Waals surface area (Å²) in [6, 6.07) is 8.85. The van der Waals surface area contributed by atoms with Crippen LogP contribution in [0.3, 0.4) is 0 Å². The summed E-state index contributed by atoms with van der Waals surface area (Å²) in [6.07, 6.45) is -0.985. The maximum absolute atomic E-state index is 8.97. The van der Waals surface area contributed by atoms with Crippen molar-refractivity contribution in [2.24, 2.45) is 0 Å². The summed E-state index contributed by atoms with van der Waals surface area (Å²) in [6.45, 7) is 1.74. The molecule has 0 saturated carbocycles. The zero-order valence-corrected chi connectivity index (χ0v) is 5.36. The predicted octanol–water partition coefficient (Wildman–Crippen LogP) is 1.13. The number of benzene rings is 1. The standard InChI is InChI=1S/C8H8O2/c9-6-8(10)7-4-2-1-3-5-7/h1-5,8-10H. The molecule has 1 atom stereocenters. The molecule has 2 N–H and O–H groups in total. The second-order valence-corrected chi connectivity index (χ2v) is 1.94. The monoisotopic (exact) mass is 136 g/mol. The van der Waals surface area contributed by atoms with Gasteiger partial charge in [-0.15, -0.1) is 0 Å². The third kappa shape index (κ3) is 1.56. The highest BCUT2D eigenvalue weighted by molar-refractivity contribution is 5.18. The summed E-state index contributed by atoms with van der Waals surface area (Å²) in [5, 5.41) is 17.3. The van der Waals surface area contributed by atoms with Gasteiger partial charge in [0.15, 0.2) is 6.61 Å². The van der Waals surface area contributed by atoms with Gasteiger partial charge in [-0.2, -0.15) is 0 Å². The topological polar surface area (TPSA) is 40.5 Å². The smallest absolute Gasteiger partial charge is 0.164 e. The molecule has 0 aliphatic rings. The summed E-state index contributed by atoms with van der Waals surface area (Å²) in [5.74, 6) is 0. The Bertz CT molecular complexity index is 184. The zero-order valence-electron chi connectivity index (χ0n) is 5.36. The van der Waals surface area contributed by atoms with E-state index in [1.807, 2.05) is 6.07 Å². The Kier molecular flexibility index (Phi) is 2.42. The molecule has 0 fully saturated rings. The van der Waals surface area contributed by atoms with Crippen molar-refractivity contribution >= 4 is 0 Å². The van der Waals surface area contributed by atoms with Crippen molar-refractivity contribution in [2.45, 2.75) is 6.10 Å². The van der Waals surface area contributed by atoms with Crippen LogP contribution in [0.5, 0.6) is 0 Å². The van der Waals surface area contributed by atoms with Crippen molar-refractivity contribution in [3.05, 3.63) is 42.5 Å². The van der Waals surface area contributed by atoms with Gasteiger partial charge < -0.3 is 10.2 Å². The molecule has 52 valence electrons. The molecule has 0 amide bonds. The van der Waals surface area contributed by atoms with Crippen LogP contribution in [0.2, 0.25) is 0 Å². The summed E-state index contributed by atoms with van der Waals surface area (Å²) in [7, 11) is 0. The summed E-state index contributed by atoms with van der Waals surface area (Å²) in [4.78, 5) is 0. The molecule has 2 radical (unpaired) electrons. The quantitative estimate of drug-likeness (QED) is 0.639. The minimum absolute atomic E-state index is 0.644. The molecule has 10 heavy (non-hydrogen) atoms. The fraction of sp³-hybridized carbons (Fsp3) is 0.125. The minimum atomic E-state index is -0.985. The third-order valence-electron chi connectivity index (χ3n) is 1.24. The van der Waals surface area contributed by atoms with Crippen molar-refractivity contribution in [3.63, 3.8) is 0 Å². The van der Waals surface area contributed by atoms with Crippen LogP contribution in [0.4, 0.5) is 0 Å². The molecular formula is C8H8O2. The normalized spacial score (nSPS) is 13.0. The van der Waals surface area contributed by atoms with E-state index in [1.165, 1.54) is 0 Å². The molecule has 1 rings (SSSR count). The van der Waals surface area contributed by atoms with E-state index in [2.05, 4.69) is 0 Å². The first-order chi connectivity index (χ1) is 4.84. The predicted molar refractivity (Wildman–Crippen MR) is 36.6 cm³/mol. The molecule has 0 aromatic heterocycles. The van der Waals surface area contributed by atoms with Gasteiger partial charge in [-0.1, -0.05) is 30.3 Å². The van der Waals surface area contributed by atoms with Gasteiger partial charge in [0, 0.05) is 0 Å². The molecule has 0 aliphatic heterocycles. The molecule has 2 nitrogen and oxygen atoms in total. The van der Waals surface area contributed by atoms with Gasteiger partial charge >= 0.3 is 0 Å². The maximum Gasteiger partial charge on any atom is 0.164 e. The second-order valence-electron chi connectivity index (χ2n) is 1.94. The van der Waals surface area contributed by atoms with Crippen LogP contribution in [0.15, 0.2) is 30.3 Å². The first kappa shape index (κ1) is 7.25. The fourth-order valence-corrected chi connectivity index (χ4v) is 0.710. The Morgan fingerprint density at radius 3 is 2.30 bits per heavy atom. The highest BCUT2D eigenvalue weighted by atomic mass is 16.3. The van der Waals surface area contributed by atoms with Crippen molar-refractivity contribution in [1.82, 2.24) is 0 Å². The van der Waals surface area contributed by atoms with E-state index in [0.717, 1.165) is 0 Å². The van der Waals surface area contributed by atoms with Gasteiger partial charge in [-0.05, 0) is 5.56 Å². The van der Waals surface area contributed by atoms with E-state index in [-0.39, 0.29) is 0 Å². The first-order valence-corrected chi connectivity index (χ1v) is 2.97. The van der Waals surface area contributed by atoms with Crippen LogP contribution in [0.1, 0.15) is 11.7 Å². The molecular weight excluding hydrogens is 128 g/mol. The molecule has 1 aromatic carbocycles. The van der Waals surface area contributed by atoms with Crippen molar-refractivity contribution < 1.29 is 10.2 Å². The van der Waals surface area contributed by atoms with Gasteiger partial charge in [0.2, 0.25) is 0 Å². The van der Waals surface area contributed by atoms with Crippen LogP contribution < -0.4 is 0 Å². The van der Waals surface area contributed by atoms with Gasteiger partial charge in [0.05, 0.1) is 0 Å². The Hall–Kier alpha value is -0.860. The Labute approximate surface area is 59.7 Å². The molecule has 1 unspecified atom stereocenters. The summed E-state index contributed by atoms with van der Waals surface area (Å²) >= 11 is 0. The van der Waals surface area contributed by atoms with Gasteiger partial charge in [-0.25, -0.2) is 0 Å². The van der Waals surface area contributed by atoms with E-state index in [0.29, 0.717) is 5.56 Å². The third-order valence-corrected chi connectivity index (χ3v) is 1.24. The Balaban J connectivity index is 2.75. The molecule has 2 heteroatoms. The molecule has 0 heterocycles. The lowest BCUT2D eigenvalue weighted by Crippen LogP contribution is -1.95. The molecule has 0 bridgehead atoms. The maximum atomic E-state index is 8.97. The van der Waals surface area contributed by atoms with Crippen molar-refractivity contribution in [3.8, 4) is 0 Å². The lowest BCUT2D eigenvalue weighted by atomic mass is 10.1. The average molecular weight is 136 g/mol. The number of aliphatic hydroxyl groups is 2. The number of hydrogen-bond donors (Lipinski definition) is 2. The Morgan fingerprint density at radius 1 is 1.20 bits per heavy atom. The van der Waals surface area contributed by atoms with Crippen LogP contribution in [0.25, 0.3) is 0 Å². The van der Waals surface area contributed by atoms with Crippen LogP contribution in [-0.4, -0.2) is 10.2 Å². The van der Waals surface area contributed by atoms with E-state index in [9.17, 15) is 0 Å². The first-order valence-electron chi connectivity index (χ1n) is 2.97. The van der Waals surface area contributed by atoms with E-state index in [1.54, 1.807) is 30.9 Å². The lowest BCUT2D eigenvalue weighted by molar-refractivity contribution is 0.147. The van der Waals surface area contributed by atoms with E-state index in [4.69, 9.17) is 10.2 Å². The molecule has 0 saturated heterocycles. The van der Waals surface area contributed by atoms with Crippen LogP contribution >= 0.6 is 0 Å². The SMILES string of the molecule is O[C]C(O)c1ccccc1. The molecule has 1 aromatic rings. The average Bonchev–Trinajstić information content (AvgIpc) is 2.05. The van der Waals surface area contributed by atoms with Gasteiger partial charge in [0.1, 0.15) is 6.10 Å². The number of hydrogen-bond acceptors (Lipinski definition) is 2. The van der Waals surface area contributed by atoms with E-state index >= 15 is 0 Å². The van der Waals surface area contributed by atoms with Gasteiger partial charge in [-0.3, -0.25) is 0 Å². The van der Waals surface area contributed by atoms with Crippen LogP contribution in [-0.2, 0) is 0 Å². The van der Waals surface area contributed by atoms with Crippen molar-refractivity contribution in [1.29, 1.82) is 0 Å². The zero-order chi connectivity index (χ0) is 7.40. The Morgan fingerprint density at radius 2 is 1.80 bits per heavy atom. The highest BCUT2D eigenvalue weighted by Crippen LogP contribution is 2.12. The fourth-order valence-electron chi connectivity index (χ4n) is 0.710. The number of rotatable bonds is 2. The van der Waals surface area contributed by atoms with Crippen molar-refractivity contribution in [2.75, 3.05) is 0 Å². The minimum Gasteiger partial charge on any atom is -0.385 e. The summed E-state index contributed by atoms with van der Waals surface area (Å²) in [5.41, 5.74) is 0.644. The van der Waals surface area contributed by atoms with Gasteiger partial charge in [0.25, 0.3) is 0 Å². The summed E-state index contributed by atoms with van der Waals surface area (Å²) < 4.78 is 0. The second kappa shape index (κ2) is 3.34. The molecule has 0 aliphatic carbocycles. The largest absolute Gasteiger partial charge is 0.385 e. The van der Waals surface area contributed by atoms with E-state index < -0.39 is 6.10 Å². The van der Waals surface area contributed by atoms with Crippen LogP contribution in [0, 0.1) is 6.61 Å². The molecule has 0 spiro atoms. The highest BCUT2D eigenvalue weighted by Gasteiger charge is 2.04. The lowest BCUT2D eigenvalue weighted by Gasteiger charge is -2.03. The number of aliphatic hydroxyl groups excluding tert-OH is 2.